The van der Waals surface area contributed by atoms with Crippen molar-refractivity contribution < 1.29 is 13.2 Å². The minimum Gasteiger partial charge on any atom is -0.349 e. The lowest BCUT2D eigenvalue weighted by atomic mass is 9.96. The summed E-state index contributed by atoms with van der Waals surface area (Å²) in [5.74, 6) is -0.260. The number of piperidine rings is 1. The second kappa shape index (κ2) is 9.08. The van der Waals surface area contributed by atoms with Gasteiger partial charge in [0.25, 0.3) is 0 Å². The molecule has 1 aliphatic heterocycles. The summed E-state index contributed by atoms with van der Waals surface area (Å²) >= 11 is 6.23. The Hall–Kier alpha value is -1.89. The summed E-state index contributed by atoms with van der Waals surface area (Å²) in [6.45, 7) is 8.22. The largest absolute Gasteiger partial charge is 0.349 e. The van der Waals surface area contributed by atoms with Gasteiger partial charge in [0.15, 0.2) is 0 Å². The molecular formula is C23H29ClN2O3S. The van der Waals surface area contributed by atoms with Gasteiger partial charge in [-0.1, -0.05) is 47.5 Å². The average molecular weight is 449 g/mol. The predicted octanol–water partition coefficient (Wildman–Crippen LogP) is 4.54. The van der Waals surface area contributed by atoms with Crippen molar-refractivity contribution in [2.45, 2.75) is 51.5 Å². The van der Waals surface area contributed by atoms with Crippen molar-refractivity contribution in [3.63, 3.8) is 0 Å². The normalized spacial score (nSPS) is 17.0. The Morgan fingerprint density at radius 1 is 1.10 bits per heavy atom. The monoisotopic (exact) mass is 448 g/mol. The number of sulfonamides is 1. The zero-order valence-corrected chi connectivity index (χ0v) is 19.5. The minimum atomic E-state index is -3.58. The Balaban J connectivity index is 1.66. The van der Waals surface area contributed by atoms with Crippen LogP contribution >= 0.6 is 11.6 Å². The number of benzene rings is 2. The second-order valence-electron chi connectivity index (χ2n) is 8.16. The number of rotatable bonds is 5. The Kier molecular flexibility index (Phi) is 6.90. The zero-order chi connectivity index (χ0) is 22.1. The van der Waals surface area contributed by atoms with E-state index in [1.54, 1.807) is 6.07 Å². The van der Waals surface area contributed by atoms with E-state index in [4.69, 9.17) is 11.6 Å². The molecular weight excluding hydrogens is 420 g/mol. The van der Waals surface area contributed by atoms with Crippen molar-refractivity contribution >= 4 is 27.5 Å². The molecule has 1 atom stereocenters. The molecule has 2 aromatic carbocycles. The van der Waals surface area contributed by atoms with Gasteiger partial charge in [-0.25, -0.2) is 8.42 Å². The van der Waals surface area contributed by atoms with Crippen molar-refractivity contribution in [2.75, 3.05) is 13.1 Å². The van der Waals surface area contributed by atoms with Crippen molar-refractivity contribution in [1.82, 2.24) is 9.62 Å². The number of carbonyl (C=O) groups is 1. The van der Waals surface area contributed by atoms with Crippen LogP contribution in [0.15, 0.2) is 41.3 Å². The van der Waals surface area contributed by atoms with Crippen LogP contribution in [-0.2, 0) is 14.8 Å². The van der Waals surface area contributed by atoms with E-state index in [0.717, 1.165) is 22.3 Å². The number of nitrogens with zero attached hydrogens (tertiary/aromatic N) is 1. The highest BCUT2D eigenvalue weighted by atomic mass is 35.5. The first-order valence-corrected chi connectivity index (χ1v) is 12.1. The maximum absolute atomic E-state index is 13.2. The predicted molar refractivity (Wildman–Crippen MR) is 120 cm³/mol. The molecule has 0 bridgehead atoms. The summed E-state index contributed by atoms with van der Waals surface area (Å²) in [7, 11) is -3.58. The van der Waals surface area contributed by atoms with Gasteiger partial charge in [0.1, 0.15) is 0 Å². The first kappa shape index (κ1) is 22.8. The molecule has 0 saturated carbocycles. The standard InChI is InChI=1S/C23H29ClN2O3S/c1-15-13-16(2)22(17(3)14-15)30(28,29)26-11-9-19(10-12-26)23(27)25-18(4)20-7-5-6-8-21(20)24/h5-8,13-14,18-19H,9-12H2,1-4H3,(H,25,27). The summed E-state index contributed by atoms with van der Waals surface area (Å²) in [6.07, 6.45) is 1.01. The van der Waals surface area contributed by atoms with Crippen LogP contribution in [0.5, 0.6) is 0 Å². The van der Waals surface area contributed by atoms with E-state index in [9.17, 15) is 13.2 Å². The summed E-state index contributed by atoms with van der Waals surface area (Å²) < 4.78 is 28.0. The number of carbonyl (C=O) groups excluding carboxylic acids is 1. The first-order valence-electron chi connectivity index (χ1n) is 10.2. The van der Waals surface area contributed by atoms with E-state index < -0.39 is 10.0 Å². The zero-order valence-electron chi connectivity index (χ0n) is 17.9. The molecule has 1 aliphatic rings. The molecule has 0 aromatic heterocycles. The highest BCUT2D eigenvalue weighted by Crippen LogP contribution is 2.29. The van der Waals surface area contributed by atoms with E-state index in [1.807, 2.05) is 58.0 Å². The molecule has 1 amide bonds. The number of nitrogens with one attached hydrogen (secondary N) is 1. The molecule has 7 heteroatoms. The van der Waals surface area contributed by atoms with Crippen LogP contribution in [0.4, 0.5) is 0 Å². The third-order valence-electron chi connectivity index (χ3n) is 5.76. The van der Waals surface area contributed by atoms with Gasteiger partial charge in [-0.05, 0) is 63.3 Å². The Morgan fingerprint density at radius 2 is 1.67 bits per heavy atom. The fourth-order valence-electron chi connectivity index (χ4n) is 4.30. The highest BCUT2D eigenvalue weighted by molar-refractivity contribution is 7.89. The van der Waals surface area contributed by atoms with Crippen LogP contribution in [0.1, 0.15) is 48.1 Å². The summed E-state index contributed by atoms with van der Waals surface area (Å²) in [4.78, 5) is 13.1. The van der Waals surface area contributed by atoms with Gasteiger partial charge >= 0.3 is 0 Å². The summed E-state index contributed by atoms with van der Waals surface area (Å²) in [5, 5.41) is 3.65. The van der Waals surface area contributed by atoms with Crippen LogP contribution in [0.25, 0.3) is 0 Å². The van der Waals surface area contributed by atoms with Gasteiger partial charge in [0.05, 0.1) is 10.9 Å². The van der Waals surface area contributed by atoms with Gasteiger partial charge in [0, 0.05) is 24.0 Å². The third-order valence-corrected chi connectivity index (χ3v) is 8.31. The van der Waals surface area contributed by atoms with E-state index in [2.05, 4.69) is 5.32 Å². The fraction of sp³-hybridized carbons (Fsp3) is 0.435. The molecule has 5 nitrogen and oxygen atoms in total. The number of halogens is 1. The fourth-order valence-corrected chi connectivity index (χ4v) is 6.48. The van der Waals surface area contributed by atoms with Crippen molar-refractivity contribution in [1.29, 1.82) is 0 Å². The van der Waals surface area contributed by atoms with Gasteiger partial charge < -0.3 is 5.32 Å². The highest BCUT2D eigenvalue weighted by Gasteiger charge is 2.34. The lowest BCUT2D eigenvalue weighted by Crippen LogP contribution is -2.43. The Labute approximate surface area is 184 Å². The lowest BCUT2D eigenvalue weighted by Gasteiger charge is -2.32. The number of hydrogen-bond donors (Lipinski definition) is 1. The molecule has 0 aliphatic carbocycles. The van der Waals surface area contributed by atoms with Gasteiger partial charge in [-0.2, -0.15) is 4.31 Å². The molecule has 2 aromatic rings. The molecule has 30 heavy (non-hydrogen) atoms. The number of hydrogen-bond acceptors (Lipinski definition) is 3. The maximum atomic E-state index is 13.2. The van der Waals surface area contributed by atoms with Crippen LogP contribution in [0, 0.1) is 26.7 Å². The maximum Gasteiger partial charge on any atom is 0.243 e. The van der Waals surface area contributed by atoms with Gasteiger partial charge in [-0.3, -0.25) is 4.79 Å². The Bertz CT molecular complexity index is 1020. The number of aryl methyl sites for hydroxylation is 3. The molecule has 0 radical (unpaired) electrons. The first-order chi connectivity index (χ1) is 14.1. The van der Waals surface area contributed by atoms with E-state index >= 15 is 0 Å². The Morgan fingerprint density at radius 3 is 2.23 bits per heavy atom. The van der Waals surface area contributed by atoms with E-state index in [1.165, 1.54) is 4.31 Å². The molecule has 1 fully saturated rings. The van der Waals surface area contributed by atoms with Crippen LogP contribution < -0.4 is 5.32 Å². The second-order valence-corrected chi connectivity index (χ2v) is 10.4. The van der Waals surface area contributed by atoms with Crippen molar-refractivity contribution in [2.24, 2.45) is 5.92 Å². The molecule has 162 valence electrons. The molecule has 1 heterocycles. The molecule has 1 N–H and O–H groups in total. The van der Waals surface area contributed by atoms with Crippen molar-refractivity contribution in [3.8, 4) is 0 Å². The summed E-state index contributed by atoms with van der Waals surface area (Å²) in [5.41, 5.74) is 3.45. The van der Waals surface area contributed by atoms with Crippen molar-refractivity contribution in [3.05, 3.63) is 63.7 Å². The third kappa shape index (κ3) is 4.71. The van der Waals surface area contributed by atoms with Crippen LogP contribution in [0.3, 0.4) is 0 Å². The molecule has 3 rings (SSSR count). The van der Waals surface area contributed by atoms with Gasteiger partial charge in [-0.15, -0.1) is 0 Å². The van der Waals surface area contributed by atoms with E-state index in [0.29, 0.717) is 35.8 Å². The van der Waals surface area contributed by atoms with Gasteiger partial charge in [0.2, 0.25) is 15.9 Å². The molecule has 1 unspecified atom stereocenters. The molecule has 1 saturated heterocycles. The topological polar surface area (TPSA) is 66.5 Å². The SMILES string of the molecule is Cc1cc(C)c(S(=O)(=O)N2CCC(C(=O)NC(C)c3ccccc3Cl)CC2)c(C)c1. The number of amides is 1. The summed E-state index contributed by atoms with van der Waals surface area (Å²) in [6, 6.07) is 11.0. The average Bonchev–Trinajstić information content (AvgIpc) is 2.67. The molecule has 0 spiro atoms. The smallest absolute Gasteiger partial charge is 0.243 e. The minimum absolute atomic E-state index is 0.0536. The lowest BCUT2D eigenvalue weighted by molar-refractivity contribution is -0.126. The quantitative estimate of drug-likeness (QED) is 0.729. The van der Waals surface area contributed by atoms with E-state index in [-0.39, 0.29) is 17.9 Å². The van der Waals surface area contributed by atoms with Crippen LogP contribution in [0.2, 0.25) is 5.02 Å². The van der Waals surface area contributed by atoms with Crippen LogP contribution in [-0.4, -0.2) is 31.7 Å².